The Balaban J connectivity index is 1.39. The molecule has 158 valence electrons. The van der Waals surface area contributed by atoms with Crippen molar-refractivity contribution in [2.75, 3.05) is 11.1 Å². The number of fused-ring (bicyclic) bond motifs is 1. The quantitative estimate of drug-likeness (QED) is 0.594. The number of rotatable bonds is 7. The van der Waals surface area contributed by atoms with Crippen molar-refractivity contribution in [3.05, 3.63) is 59.7 Å². The fourth-order valence-electron chi connectivity index (χ4n) is 3.92. The molecule has 1 amide bonds. The van der Waals surface area contributed by atoms with Crippen LogP contribution >= 0.6 is 0 Å². The molecule has 0 aliphatic heterocycles. The maximum Gasteiger partial charge on any atom is 0.225 e. The summed E-state index contributed by atoms with van der Waals surface area (Å²) in [5.41, 5.74) is 2.54. The fraction of sp³-hybridized carbons (Fsp3) is 0.364. The van der Waals surface area contributed by atoms with E-state index in [-0.39, 0.29) is 29.1 Å². The van der Waals surface area contributed by atoms with Gasteiger partial charge in [0.2, 0.25) is 5.91 Å². The molecular formula is C22H24FN3O3S. The Labute approximate surface area is 174 Å². The summed E-state index contributed by atoms with van der Waals surface area (Å²) in [7, 11) is -3.22. The molecule has 1 aliphatic carbocycles. The van der Waals surface area contributed by atoms with Gasteiger partial charge in [-0.05, 0) is 42.7 Å². The number of hydrogen-bond acceptors (Lipinski definition) is 4. The number of aromatic amines is 1. The lowest BCUT2D eigenvalue weighted by molar-refractivity contribution is -0.115. The molecule has 1 heterocycles. The van der Waals surface area contributed by atoms with Crippen molar-refractivity contribution in [2.45, 2.75) is 43.8 Å². The van der Waals surface area contributed by atoms with Gasteiger partial charge in [0.05, 0.1) is 22.0 Å². The number of sulfone groups is 1. The second-order valence-electron chi connectivity index (χ2n) is 7.76. The first-order chi connectivity index (χ1) is 14.4. The van der Waals surface area contributed by atoms with Gasteiger partial charge >= 0.3 is 0 Å². The van der Waals surface area contributed by atoms with E-state index in [1.54, 1.807) is 36.4 Å². The lowest BCUT2D eigenvalue weighted by Crippen LogP contribution is -2.24. The van der Waals surface area contributed by atoms with Crippen molar-refractivity contribution >= 4 is 32.5 Å². The van der Waals surface area contributed by atoms with E-state index >= 15 is 0 Å². The molecule has 1 aromatic heterocycles. The summed E-state index contributed by atoms with van der Waals surface area (Å²) in [5, 5.41) is 2.46. The Morgan fingerprint density at radius 3 is 2.70 bits per heavy atom. The van der Waals surface area contributed by atoms with E-state index in [2.05, 4.69) is 15.3 Å². The third-order valence-corrected chi connectivity index (χ3v) is 7.81. The normalized spacial score (nSPS) is 15.0. The first-order valence-electron chi connectivity index (χ1n) is 10.1. The van der Waals surface area contributed by atoms with Crippen molar-refractivity contribution in [3.63, 3.8) is 0 Å². The lowest BCUT2D eigenvalue weighted by Gasteiger charge is -2.11. The van der Waals surface area contributed by atoms with Crippen LogP contribution in [0.15, 0.2) is 42.5 Å². The molecule has 4 rings (SSSR count). The van der Waals surface area contributed by atoms with Gasteiger partial charge in [0, 0.05) is 18.5 Å². The zero-order chi connectivity index (χ0) is 21.1. The van der Waals surface area contributed by atoms with Crippen LogP contribution in [0.3, 0.4) is 0 Å². The van der Waals surface area contributed by atoms with Crippen LogP contribution < -0.4 is 5.32 Å². The molecule has 1 fully saturated rings. The summed E-state index contributed by atoms with van der Waals surface area (Å²) >= 11 is 0. The minimum Gasteiger partial charge on any atom is -0.342 e. The Hall–Kier alpha value is -2.74. The highest BCUT2D eigenvalue weighted by Crippen LogP contribution is 2.26. The van der Waals surface area contributed by atoms with Crippen LogP contribution in [0.25, 0.3) is 11.0 Å². The highest BCUT2D eigenvalue weighted by molar-refractivity contribution is 7.92. The van der Waals surface area contributed by atoms with E-state index in [1.165, 1.54) is 6.07 Å². The first kappa shape index (κ1) is 20.5. The SMILES string of the molecule is O=C(CCS(=O)(=O)C1CCCC1)Nc1ccc2nc(Cc3ccccc3F)[nH]c2c1. The van der Waals surface area contributed by atoms with Crippen LogP contribution in [0.4, 0.5) is 10.1 Å². The molecule has 30 heavy (non-hydrogen) atoms. The zero-order valence-electron chi connectivity index (χ0n) is 16.5. The van der Waals surface area contributed by atoms with E-state index < -0.39 is 9.84 Å². The number of imidazole rings is 1. The zero-order valence-corrected chi connectivity index (χ0v) is 17.3. The largest absolute Gasteiger partial charge is 0.342 e. The van der Waals surface area contributed by atoms with Crippen LogP contribution in [0, 0.1) is 5.82 Å². The molecule has 6 nitrogen and oxygen atoms in total. The number of anilines is 1. The summed E-state index contributed by atoms with van der Waals surface area (Å²) in [6.07, 6.45) is 3.57. The maximum absolute atomic E-state index is 13.9. The second kappa shape index (κ2) is 8.55. The van der Waals surface area contributed by atoms with Crippen LogP contribution in [0.2, 0.25) is 0 Å². The lowest BCUT2D eigenvalue weighted by atomic mass is 10.1. The van der Waals surface area contributed by atoms with Crippen LogP contribution in [-0.2, 0) is 21.1 Å². The van der Waals surface area contributed by atoms with Crippen LogP contribution in [0.5, 0.6) is 0 Å². The smallest absolute Gasteiger partial charge is 0.225 e. The predicted molar refractivity (Wildman–Crippen MR) is 115 cm³/mol. The Kier molecular flexibility index (Phi) is 5.85. The second-order valence-corrected chi connectivity index (χ2v) is 10.2. The van der Waals surface area contributed by atoms with Crippen molar-refractivity contribution in [2.24, 2.45) is 0 Å². The molecule has 0 spiro atoms. The van der Waals surface area contributed by atoms with E-state index in [9.17, 15) is 17.6 Å². The van der Waals surface area contributed by atoms with Gasteiger partial charge in [-0.25, -0.2) is 17.8 Å². The number of carbonyl (C=O) groups is 1. The molecule has 0 atom stereocenters. The molecule has 0 bridgehead atoms. The minimum absolute atomic E-state index is 0.0572. The van der Waals surface area contributed by atoms with Crippen LogP contribution in [0.1, 0.15) is 43.5 Å². The number of hydrogen-bond donors (Lipinski definition) is 2. The first-order valence-corrected chi connectivity index (χ1v) is 11.9. The molecule has 2 N–H and O–H groups in total. The third-order valence-electron chi connectivity index (χ3n) is 5.55. The van der Waals surface area contributed by atoms with E-state index in [1.807, 2.05) is 0 Å². The summed E-state index contributed by atoms with van der Waals surface area (Å²) in [4.78, 5) is 19.9. The molecular weight excluding hydrogens is 405 g/mol. The van der Waals surface area contributed by atoms with Crippen molar-refractivity contribution in [1.29, 1.82) is 0 Å². The van der Waals surface area contributed by atoms with E-state index in [0.29, 0.717) is 41.9 Å². The van der Waals surface area contributed by atoms with E-state index in [4.69, 9.17) is 0 Å². The topological polar surface area (TPSA) is 91.9 Å². The molecule has 1 aliphatic rings. The van der Waals surface area contributed by atoms with Gasteiger partial charge in [0.15, 0.2) is 9.84 Å². The molecule has 3 aromatic rings. The summed E-state index contributed by atoms with van der Waals surface area (Å²) < 4.78 is 38.5. The summed E-state index contributed by atoms with van der Waals surface area (Å²) in [6.45, 7) is 0. The average Bonchev–Trinajstić information content (AvgIpc) is 3.38. The van der Waals surface area contributed by atoms with Gasteiger partial charge in [-0.15, -0.1) is 0 Å². The maximum atomic E-state index is 13.9. The van der Waals surface area contributed by atoms with Gasteiger partial charge in [-0.2, -0.15) is 0 Å². The third kappa shape index (κ3) is 4.70. The predicted octanol–water partition coefficient (Wildman–Crippen LogP) is 3.98. The van der Waals surface area contributed by atoms with Gasteiger partial charge in [0.1, 0.15) is 11.6 Å². The van der Waals surface area contributed by atoms with Crippen molar-refractivity contribution < 1.29 is 17.6 Å². The molecule has 0 radical (unpaired) electrons. The number of amides is 1. The number of halogens is 1. The number of H-pyrrole nitrogens is 1. The summed E-state index contributed by atoms with van der Waals surface area (Å²) in [6, 6.07) is 11.8. The Bertz CT molecular complexity index is 1170. The molecule has 0 saturated heterocycles. The molecule has 8 heteroatoms. The Morgan fingerprint density at radius 2 is 1.93 bits per heavy atom. The highest BCUT2D eigenvalue weighted by atomic mass is 32.2. The molecule has 0 unspecified atom stereocenters. The average molecular weight is 430 g/mol. The number of nitrogens with zero attached hydrogens (tertiary/aromatic N) is 1. The number of carbonyl (C=O) groups excluding carboxylic acids is 1. The van der Waals surface area contributed by atoms with Gasteiger partial charge < -0.3 is 10.3 Å². The van der Waals surface area contributed by atoms with Gasteiger partial charge in [-0.1, -0.05) is 31.0 Å². The number of benzene rings is 2. The van der Waals surface area contributed by atoms with E-state index in [0.717, 1.165) is 18.4 Å². The standard InChI is InChI=1S/C22H24FN3O3S/c23-18-8-4-1-5-15(18)13-21-25-19-10-9-16(14-20(19)26-21)24-22(27)11-12-30(28,29)17-6-2-3-7-17/h1,4-5,8-10,14,17H,2-3,6-7,11-13H2,(H,24,27)(H,25,26). The fourth-order valence-corrected chi connectivity index (χ4v) is 5.77. The van der Waals surface area contributed by atoms with Gasteiger partial charge in [-0.3, -0.25) is 4.79 Å². The minimum atomic E-state index is -3.22. The monoisotopic (exact) mass is 429 g/mol. The molecule has 1 saturated carbocycles. The van der Waals surface area contributed by atoms with Crippen LogP contribution in [-0.4, -0.2) is 35.3 Å². The van der Waals surface area contributed by atoms with Crippen molar-refractivity contribution in [3.8, 4) is 0 Å². The Morgan fingerprint density at radius 1 is 1.17 bits per heavy atom. The van der Waals surface area contributed by atoms with Crippen molar-refractivity contribution in [1.82, 2.24) is 9.97 Å². The number of aromatic nitrogens is 2. The molecule has 2 aromatic carbocycles. The summed E-state index contributed by atoms with van der Waals surface area (Å²) in [5.74, 6) is -0.107. The van der Waals surface area contributed by atoms with Gasteiger partial charge in [0.25, 0.3) is 0 Å². The number of nitrogens with one attached hydrogen (secondary N) is 2. The highest BCUT2D eigenvalue weighted by Gasteiger charge is 2.28.